The van der Waals surface area contributed by atoms with Gasteiger partial charge in [-0.3, -0.25) is 4.79 Å². The maximum Gasteiger partial charge on any atom is 0.328 e. The minimum atomic E-state index is -1.57. The smallest absolute Gasteiger partial charge is 0.328 e. The summed E-state index contributed by atoms with van der Waals surface area (Å²) in [6.07, 6.45) is -1.83. The van der Waals surface area contributed by atoms with Gasteiger partial charge in [0.2, 0.25) is 11.8 Å². The van der Waals surface area contributed by atoms with Crippen molar-refractivity contribution in [2.75, 3.05) is 6.61 Å². The lowest BCUT2D eigenvalue weighted by Crippen LogP contribution is -2.52. The molecule has 1 aromatic heterocycles. The fraction of sp³-hybridized carbons (Fsp3) is 0.583. The number of aliphatic carboxylic acids is 2. The molecule has 13 heteroatoms. The molecule has 1 unspecified atom stereocenters. The first-order chi connectivity index (χ1) is 11.6. The summed E-state index contributed by atoms with van der Waals surface area (Å²) in [4.78, 5) is 33.3. The molecule has 0 radical (unpaired) electrons. The van der Waals surface area contributed by atoms with E-state index in [0.717, 1.165) is 0 Å². The van der Waals surface area contributed by atoms with Crippen molar-refractivity contribution in [1.82, 2.24) is 20.8 Å². The van der Waals surface area contributed by atoms with E-state index >= 15 is 0 Å². The highest BCUT2D eigenvalue weighted by Gasteiger charge is 2.28. The summed E-state index contributed by atoms with van der Waals surface area (Å²) in [7, 11) is 0. The molecule has 0 saturated carbocycles. The first kappa shape index (κ1) is 20.3. The van der Waals surface area contributed by atoms with E-state index in [1.807, 2.05) is 5.32 Å². The second kappa shape index (κ2) is 8.91. The van der Waals surface area contributed by atoms with Gasteiger partial charge >= 0.3 is 18.0 Å². The lowest BCUT2D eigenvalue weighted by molar-refractivity contribution is -0.142. The van der Waals surface area contributed by atoms with Crippen LogP contribution in [0.25, 0.3) is 0 Å². The molecule has 140 valence electrons. The third-order valence-corrected chi connectivity index (χ3v) is 2.99. The zero-order valence-electron chi connectivity index (χ0n) is 13.1. The molecular formula is C12H19N5O8. The number of carbonyl (C=O) groups excluding carboxylic acids is 1. The van der Waals surface area contributed by atoms with E-state index in [0.29, 0.717) is 0 Å². The zero-order valence-corrected chi connectivity index (χ0v) is 13.1. The molecule has 0 saturated heterocycles. The van der Waals surface area contributed by atoms with E-state index in [9.17, 15) is 24.6 Å². The first-order valence-electron chi connectivity index (χ1n) is 7.05. The highest BCUT2D eigenvalue weighted by Crippen LogP contribution is 2.16. The lowest BCUT2D eigenvalue weighted by atomic mass is 10.2. The Morgan fingerprint density at radius 3 is 2.28 bits per heavy atom. The van der Waals surface area contributed by atoms with Crippen LogP contribution in [-0.2, 0) is 9.59 Å². The highest BCUT2D eigenvalue weighted by molar-refractivity contribution is 5.83. The van der Waals surface area contributed by atoms with Gasteiger partial charge in [0.05, 0.1) is 25.2 Å². The van der Waals surface area contributed by atoms with E-state index in [1.54, 1.807) is 0 Å². The van der Waals surface area contributed by atoms with Crippen LogP contribution in [0.2, 0.25) is 0 Å². The van der Waals surface area contributed by atoms with Crippen molar-refractivity contribution >= 4 is 18.0 Å². The SMILES string of the molecule is CC(O)[C@H](NC(=O)N[C@@H](CO)c1nnc([C@@H](N)CC(=O)O)o1)C(=O)O. The van der Waals surface area contributed by atoms with Crippen molar-refractivity contribution in [2.45, 2.75) is 37.6 Å². The molecule has 4 atom stereocenters. The van der Waals surface area contributed by atoms with Crippen LogP contribution in [0.4, 0.5) is 4.79 Å². The van der Waals surface area contributed by atoms with Crippen LogP contribution in [0.3, 0.4) is 0 Å². The van der Waals surface area contributed by atoms with Gasteiger partial charge in [0.1, 0.15) is 6.04 Å². The van der Waals surface area contributed by atoms with Crippen LogP contribution in [0.1, 0.15) is 37.2 Å². The number of nitrogens with one attached hydrogen (secondary N) is 2. The topological polar surface area (TPSA) is 221 Å². The Bertz CT molecular complexity index is 618. The van der Waals surface area contributed by atoms with E-state index in [2.05, 4.69) is 15.5 Å². The number of carboxylic acid groups (broad SMARTS) is 2. The Morgan fingerprint density at radius 1 is 1.20 bits per heavy atom. The lowest BCUT2D eigenvalue weighted by Gasteiger charge is -2.19. The summed E-state index contributed by atoms with van der Waals surface area (Å²) in [5.41, 5.74) is 5.55. The van der Waals surface area contributed by atoms with Crippen LogP contribution in [-0.4, -0.2) is 67.3 Å². The van der Waals surface area contributed by atoms with Crippen molar-refractivity contribution < 1.29 is 39.2 Å². The number of urea groups is 1. The van der Waals surface area contributed by atoms with Crippen LogP contribution >= 0.6 is 0 Å². The summed E-state index contributed by atoms with van der Waals surface area (Å²) >= 11 is 0. The van der Waals surface area contributed by atoms with E-state index < -0.39 is 55.2 Å². The van der Waals surface area contributed by atoms with Gasteiger partial charge < -0.3 is 41.2 Å². The molecule has 0 aliphatic heterocycles. The van der Waals surface area contributed by atoms with Crippen LogP contribution in [0.15, 0.2) is 4.42 Å². The highest BCUT2D eigenvalue weighted by atomic mass is 16.4. The normalized spacial score (nSPS) is 15.7. The molecule has 1 rings (SSSR count). The standard InChI is InChI=1S/C12H19N5O8/c1-4(19)8(11(22)23)15-12(24)14-6(3-18)10-17-16-9(25-10)5(13)2-7(20)21/h4-6,8,18-19H,2-3,13H2,1H3,(H,20,21)(H,22,23)(H2,14,15,24)/t4?,5-,6-,8-/m0/s1. The quantitative estimate of drug-likeness (QED) is 0.248. The van der Waals surface area contributed by atoms with Gasteiger partial charge in [0.25, 0.3) is 0 Å². The van der Waals surface area contributed by atoms with Crippen molar-refractivity contribution in [3.05, 3.63) is 11.8 Å². The number of hydrogen-bond acceptors (Lipinski definition) is 9. The molecule has 0 fully saturated rings. The minimum absolute atomic E-state index is 0.203. The van der Waals surface area contributed by atoms with Gasteiger partial charge in [-0.05, 0) is 6.92 Å². The number of carboxylic acids is 2. The summed E-state index contributed by atoms with van der Waals surface area (Å²) in [5.74, 6) is -3.09. The molecular weight excluding hydrogens is 342 g/mol. The monoisotopic (exact) mass is 361 g/mol. The Hall–Kier alpha value is -2.77. The number of rotatable bonds is 9. The summed E-state index contributed by atoms with van der Waals surface area (Å²) in [6, 6.07) is -4.84. The second-order valence-electron chi connectivity index (χ2n) is 5.09. The molecule has 1 aromatic rings. The molecule has 25 heavy (non-hydrogen) atoms. The number of amides is 2. The minimum Gasteiger partial charge on any atom is -0.481 e. The van der Waals surface area contributed by atoms with Gasteiger partial charge in [0, 0.05) is 0 Å². The molecule has 0 spiro atoms. The largest absolute Gasteiger partial charge is 0.481 e. The van der Waals surface area contributed by atoms with E-state index in [1.165, 1.54) is 6.92 Å². The number of hydrogen-bond donors (Lipinski definition) is 7. The van der Waals surface area contributed by atoms with E-state index in [4.69, 9.17) is 20.4 Å². The van der Waals surface area contributed by atoms with Gasteiger partial charge in [0.15, 0.2) is 6.04 Å². The summed E-state index contributed by atoms with van der Waals surface area (Å²) < 4.78 is 5.12. The molecule has 0 aliphatic carbocycles. The molecule has 0 aliphatic rings. The molecule has 0 aromatic carbocycles. The van der Waals surface area contributed by atoms with Crippen molar-refractivity contribution in [2.24, 2.45) is 5.73 Å². The number of aromatic nitrogens is 2. The van der Waals surface area contributed by atoms with Crippen molar-refractivity contribution in [3.8, 4) is 0 Å². The maximum atomic E-state index is 11.8. The number of carbonyl (C=O) groups is 3. The first-order valence-corrected chi connectivity index (χ1v) is 7.05. The van der Waals surface area contributed by atoms with Crippen molar-refractivity contribution in [1.29, 1.82) is 0 Å². The maximum absolute atomic E-state index is 11.8. The number of aliphatic hydroxyl groups excluding tert-OH is 2. The number of nitrogens with two attached hydrogens (primary N) is 1. The average molecular weight is 361 g/mol. The van der Waals surface area contributed by atoms with Gasteiger partial charge in [-0.2, -0.15) is 0 Å². The molecule has 8 N–H and O–H groups in total. The Morgan fingerprint density at radius 2 is 1.80 bits per heavy atom. The Kier molecular flexibility index (Phi) is 7.22. The predicted molar refractivity (Wildman–Crippen MR) is 78.1 cm³/mol. The van der Waals surface area contributed by atoms with Gasteiger partial charge in [-0.1, -0.05) is 0 Å². The summed E-state index contributed by atoms with van der Waals surface area (Å²) in [6.45, 7) is 0.506. The molecule has 13 nitrogen and oxygen atoms in total. The van der Waals surface area contributed by atoms with Crippen LogP contribution < -0.4 is 16.4 Å². The third kappa shape index (κ3) is 5.98. The zero-order chi connectivity index (χ0) is 19.1. The number of nitrogens with zero attached hydrogens (tertiary/aromatic N) is 2. The molecule has 1 heterocycles. The number of aliphatic hydroxyl groups is 2. The average Bonchev–Trinajstić information content (AvgIpc) is 2.98. The van der Waals surface area contributed by atoms with E-state index in [-0.39, 0.29) is 11.8 Å². The Labute approximate surface area is 140 Å². The molecule has 2 amide bonds. The fourth-order valence-electron chi connectivity index (χ4n) is 1.73. The van der Waals surface area contributed by atoms with Crippen LogP contribution in [0, 0.1) is 0 Å². The Balaban J connectivity index is 2.76. The fourth-order valence-corrected chi connectivity index (χ4v) is 1.73. The van der Waals surface area contributed by atoms with Gasteiger partial charge in [-0.25, -0.2) is 9.59 Å². The van der Waals surface area contributed by atoms with Crippen molar-refractivity contribution in [3.63, 3.8) is 0 Å². The second-order valence-corrected chi connectivity index (χ2v) is 5.09. The van der Waals surface area contributed by atoms with Gasteiger partial charge in [-0.15, -0.1) is 10.2 Å². The third-order valence-electron chi connectivity index (χ3n) is 2.99. The summed E-state index contributed by atoms with van der Waals surface area (Å²) in [5, 5.41) is 47.4. The predicted octanol–water partition coefficient (Wildman–Crippen LogP) is -2.29. The molecule has 0 bridgehead atoms. The van der Waals surface area contributed by atoms with Crippen LogP contribution in [0.5, 0.6) is 0 Å².